The van der Waals surface area contributed by atoms with E-state index in [9.17, 15) is 4.79 Å². The summed E-state index contributed by atoms with van der Waals surface area (Å²) in [7, 11) is 0. The number of rotatable bonds is 6. The van der Waals surface area contributed by atoms with E-state index in [2.05, 4.69) is 19.9 Å². The van der Waals surface area contributed by atoms with E-state index >= 15 is 0 Å². The van der Waals surface area contributed by atoms with Crippen LogP contribution >= 0.6 is 0 Å². The molecule has 3 rings (SSSR count). The molecule has 0 bridgehead atoms. The van der Waals surface area contributed by atoms with Crippen LogP contribution in [-0.4, -0.2) is 6.61 Å². The number of hydrogen-bond donors (Lipinski definition) is 0. The van der Waals surface area contributed by atoms with Crippen LogP contribution in [0.25, 0.3) is 22.1 Å². The fourth-order valence-corrected chi connectivity index (χ4v) is 2.83. The predicted molar refractivity (Wildman–Crippen MR) is 97.7 cm³/mol. The number of benzene rings is 2. The monoisotopic (exact) mass is 322 g/mol. The molecule has 0 amide bonds. The summed E-state index contributed by atoms with van der Waals surface area (Å²) in [4.78, 5) is 12.0. The van der Waals surface area contributed by atoms with Crippen molar-refractivity contribution in [3.05, 3.63) is 64.5 Å². The molecule has 0 saturated carbocycles. The first-order valence-electron chi connectivity index (χ1n) is 8.52. The summed E-state index contributed by atoms with van der Waals surface area (Å²) in [6.07, 6.45) is 2.96. The van der Waals surface area contributed by atoms with E-state index < -0.39 is 0 Å². The summed E-state index contributed by atoms with van der Waals surface area (Å²) in [5.41, 5.74) is 3.27. The van der Waals surface area contributed by atoms with E-state index in [-0.39, 0.29) is 5.63 Å². The van der Waals surface area contributed by atoms with E-state index in [0.717, 1.165) is 47.1 Å². The molecule has 2 aromatic carbocycles. The SMILES string of the molecule is CCCCOc1cc2oc(=O)cc(-c3ccccc3)c2cc1CC. The molecule has 0 fully saturated rings. The van der Waals surface area contributed by atoms with Crippen molar-refractivity contribution in [2.45, 2.75) is 33.1 Å². The number of fused-ring (bicyclic) bond motifs is 1. The minimum atomic E-state index is -0.342. The van der Waals surface area contributed by atoms with E-state index in [0.29, 0.717) is 12.2 Å². The second-order valence-electron chi connectivity index (χ2n) is 5.86. The Labute approximate surface area is 141 Å². The average Bonchev–Trinajstić information content (AvgIpc) is 2.61. The maximum Gasteiger partial charge on any atom is 0.336 e. The van der Waals surface area contributed by atoms with Gasteiger partial charge in [-0.25, -0.2) is 4.79 Å². The third-order valence-electron chi connectivity index (χ3n) is 4.15. The summed E-state index contributed by atoms with van der Waals surface area (Å²) >= 11 is 0. The van der Waals surface area contributed by atoms with Gasteiger partial charge in [-0.15, -0.1) is 0 Å². The summed E-state index contributed by atoms with van der Waals surface area (Å²) in [5, 5.41) is 0.945. The minimum absolute atomic E-state index is 0.342. The summed E-state index contributed by atoms with van der Waals surface area (Å²) in [6, 6.07) is 15.4. The molecule has 124 valence electrons. The molecule has 3 heteroatoms. The summed E-state index contributed by atoms with van der Waals surface area (Å²) < 4.78 is 11.3. The van der Waals surface area contributed by atoms with Gasteiger partial charge in [0.05, 0.1) is 6.61 Å². The molecule has 0 aliphatic rings. The van der Waals surface area contributed by atoms with Gasteiger partial charge in [0.15, 0.2) is 0 Å². The van der Waals surface area contributed by atoms with Crippen molar-refractivity contribution in [1.82, 2.24) is 0 Å². The highest BCUT2D eigenvalue weighted by Crippen LogP contribution is 2.32. The van der Waals surface area contributed by atoms with E-state index in [1.807, 2.05) is 36.4 Å². The van der Waals surface area contributed by atoms with Gasteiger partial charge in [0.25, 0.3) is 0 Å². The number of unbranched alkanes of at least 4 members (excludes halogenated alkanes) is 1. The Balaban J connectivity index is 2.16. The molecule has 0 unspecified atom stereocenters. The van der Waals surface area contributed by atoms with Gasteiger partial charge in [0, 0.05) is 17.5 Å². The Morgan fingerprint density at radius 1 is 1.04 bits per heavy atom. The summed E-state index contributed by atoms with van der Waals surface area (Å²) in [6.45, 7) is 4.92. The zero-order chi connectivity index (χ0) is 16.9. The lowest BCUT2D eigenvalue weighted by Gasteiger charge is -2.13. The van der Waals surface area contributed by atoms with Gasteiger partial charge in [-0.2, -0.15) is 0 Å². The van der Waals surface area contributed by atoms with Crippen molar-refractivity contribution in [2.24, 2.45) is 0 Å². The number of aryl methyl sites for hydroxylation is 1. The lowest BCUT2D eigenvalue weighted by Crippen LogP contribution is -2.02. The lowest BCUT2D eigenvalue weighted by molar-refractivity contribution is 0.306. The molecule has 0 aliphatic heterocycles. The molecule has 0 aliphatic carbocycles. The van der Waals surface area contributed by atoms with Gasteiger partial charge >= 0.3 is 5.63 Å². The van der Waals surface area contributed by atoms with Crippen molar-refractivity contribution in [2.75, 3.05) is 6.61 Å². The molecule has 0 spiro atoms. The van der Waals surface area contributed by atoms with Crippen LogP contribution in [0.4, 0.5) is 0 Å². The number of ether oxygens (including phenoxy) is 1. The Hall–Kier alpha value is -2.55. The maximum absolute atomic E-state index is 12.0. The highest BCUT2D eigenvalue weighted by Gasteiger charge is 2.12. The molecular weight excluding hydrogens is 300 g/mol. The molecule has 1 heterocycles. The van der Waals surface area contributed by atoms with Crippen LogP contribution in [0.2, 0.25) is 0 Å². The van der Waals surface area contributed by atoms with Gasteiger partial charge in [-0.05, 0) is 35.6 Å². The van der Waals surface area contributed by atoms with Crippen molar-refractivity contribution >= 4 is 11.0 Å². The molecule has 0 saturated heterocycles. The van der Waals surface area contributed by atoms with E-state index in [1.165, 1.54) is 0 Å². The van der Waals surface area contributed by atoms with Crippen LogP contribution in [0.1, 0.15) is 32.3 Å². The van der Waals surface area contributed by atoms with Crippen LogP contribution in [0.3, 0.4) is 0 Å². The quantitative estimate of drug-likeness (QED) is 0.462. The highest BCUT2D eigenvalue weighted by molar-refractivity contribution is 5.94. The van der Waals surface area contributed by atoms with Crippen molar-refractivity contribution in [1.29, 1.82) is 0 Å². The zero-order valence-electron chi connectivity index (χ0n) is 14.2. The van der Waals surface area contributed by atoms with Gasteiger partial charge in [0.1, 0.15) is 11.3 Å². The van der Waals surface area contributed by atoms with Crippen LogP contribution < -0.4 is 10.4 Å². The van der Waals surface area contributed by atoms with Crippen molar-refractivity contribution < 1.29 is 9.15 Å². The van der Waals surface area contributed by atoms with Crippen molar-refractivity contribution in [3.63, 3.8) is 0 Å². The molecule has 0 radical (unpaired) electrons. The summed E-state index contributed by atoms with van der Waals surface area (Å²) in [5.74, 6) is 0.812. The third-order valence-corrected chi connectivity index (χ3v) is 4.15. The van der Waals surface area contributed by atoms with Crippen LogP contribution in [0.5, 0.6) is 5.75 Å². The second kappa shape index (κ2) is 7.35. The van der Waals surface area contributed by atoms with Crippen LogP contribution in [0.15, 0.2) is 57.7 Å². The second-order valence-corrected chi connectivity index (χ2v) is 5.86. The molecule has 1 aromatic heterocycles. The Morgan fingerprint density at radius 3 is 2.54 bits per heavy atom. The Bertz CT molecular complexity index is 879. The molecular formula is C21H22O3. The topological polar surface area (TPSA) is 39.4 Å². The fourth-order valence-electron chi connectivity index (χ4n) is 2.83. The smallest absolute Gasteiger partial charge is 0.336 e. The molecule has 3 aromatic rings. The standard InChI is InChI=1S/C21H22O3/c1-3-5-11-23-19-14-20-18(12-15(19)4-2)17(13-21(22)24-20)16-9-7-6-8-10-16/h6-10,12-14H,3-5,11H2,1-2H3. The molecule has 0 atom stereocenters. The van der Waals surface area contributed by atoms with Crippen molar-refractivity contribution in [3.8, 4) is 16.9 Å². The Kier molecular flexibility index (Phi) is 4.99. The first-order chi connectivity index (χ1) is 11.7. The minimum Gasteiger partial charge on any atom is -0.493 e. The predicted octanol–water partition coefficient (Wildman–Crippen LogP) is 5.20. The maximum atomic E-state index is 12.0. The number of hydrogen-bond acceptors (Lipinski definition) is 3. The molecule has 24 heavy (non-hydrogen) atoms. The first kappa shape index (κ1) is 16.3. The lowest BCUT2D eigenvalue weighted by atomic mass is 9.99. The first-order valence-corrected chi connectivity index (χ1v) is 8.52. The van der Waals surface area contributed by atoms with Gasteiger partial charge in [0.2, 0.25) is 0 Å². The van der Waals surface area contributed by atoms with Gasteiger partial charge < -0.3 is 9.15 Å². The van der Waals surface area contributed by atoms with E-state index in [4.69, 9.17) is 9.15 Å². The van der Waals surface area contributed by atoms with Crippen LogP contribution in [-0.2, 0) is 6.42 Å². The third kappa shape index (κ3) is 3.35. The molecule has 0 N–H and O–H groups in total. The van der Waals surface area contributed by atoms with E-state index in [1.54, 1.807) is 6.07 Å². The van der Waals surface area contributed by atoms with Gasteiger partial charge in [-0.1, -0.05) is 50.6 Å². The normalized spacial score (nSPS) is 10.9. The van der Waals surface area contributed by atoms with Crippen LogP contribution in [0, 0.1) is 0 Å². The molecule has 3 nitrogen and oxygen atoms in total. The highest BCUT2D eigenvalue weighted by atomic mass is 16.5. The largest absolute Gasteiger partial charge is 0.493 e. The Morgan fingerprint density at radius 2 is 1.83 bits per heavy atom. The fraction of sp³-hybridized carbons (Fsp3) is 0.286. The van der Waals surface area contributed by atoms with Gasteiger partial charge in [-0.3, -0.25) is 0 Å². The average molecular weight is 322 g/mol. The zero-order valence-corrected chi connectivity index (χ0v) is 14.2.